The molecule has 152 valence electrons. The summed E-state index contributed by atoms with van der Waals surface area (Å²) in [7, 11) is 0.860. The first-order valence-electron chi connectivity index (χ1n) is 10.9. The molecule has 0 saturated heterocycles. The minimum absolute atomic E-state index is 0.598. The molecule has 0 fully saturated rings. The van der Waals surface area contributed by atoms with Gasteiger partial charge in [0.05, 0.1) is 0 Å². The second-order valence-corrected chi connectivity index (χ2v) is 9.52. The van der Waals surface area contributed by atoms with Gasteiger partial charge < -0.3 is 5.32 Å². The van der Waals surface area contributed by atoms with Gasteiger partial charge >= 0.3 is 0 Å². The van der Waals surface area contributed by atoms with Crippen molar-refractivity contribution in [1.29, 1.82) is 0 Å². The molecule has 1 aliphatic rings. The predicted octanol–water partition coefficient (Wildman–Crippen LogP) is 5.41. The van der Waals surface area contributed by atoms with Gasteiger partial charge in [-0.15, -0.1) is 0 Å². The van der Waals surface area contributed by atoms with Gasteiger partial charge in [0.15, 0.2) is 0 Å². The summed E-state index contributed by atoms with van der Waals surface area (Å²) >= 11 is 0. The third-order valence-electron chi connectivity index (χ3n) is 5.87. The van der Waals surface area contributed by atoms with Crippen LogP contribution < -0.4 is 10.4 Å². The van der Waals surface area contributed by atoms with Gasteiger partial charge in [-0.2, -0.15) is 0 Å². The Morgan fingerprint density at radius 1 is 1.07 bits per heavy atom. The second kappa shape index (κ2) is 11.3. The molecule has 2 nitrogen and oxygen atoms in total. The number of hydrogen-bond acceptors (Lipinski definition) is 2. The van der Waals surface area contributed by atoms with Gasteiger partial charge in [0.1, 0.15) is 0 Å². The minimum atomic E-state index is 0.598. The summed E-state index contributed by atoms with van der Waals surface area (Å²) in [6.07, 6.45) is 11.2. The van der Waals surface area contributed by atoms with E-state index in [1.807, 2.05) is 0 Å². The summed E-state index contributed by atoms with van der Waals surface area (Å²) < 4.78 is 0. The average Bonchev–Trinajstić information content (AvgIpc) is 2.66. The van der Waals surface area contributed by atoms with Crippen LogP contribution in [0.3, 0.4) is 0 Å². The molecule has 0 aromatic heterocycles. The van der Waals surface area contributed by atoms with Crippen LogP contribution in [-0.4, -0.2) is 25.3 Å². The first-order chi connectivity index (χ1) is 13.0. The predicted molar refractivity (Wildman–Crippen MR) is 124 cm³/mol. The molecule has 1 aliphatic carbocycles. The molecule has 0 aliphatic heterocycles. The van der Waals surface area contributed by atoms with E-state index < -0.39 is 0 Å². The molecule has 3 heteroatoms. The summed E-state index contributed by atoms with van der Waals surface area (Å²) in [6.45, 7) is 15.9. The average molecular weight is 389 g/mol. The van der Waals surface area contributed by atoms with Gasteiger partial charge in [0.2, 0.25) is 0 Å². The van der Waals surface area contributed by atoms with Crippen LogP contribution in [0.5, 0.6) is 0 Å². The van der Waals surface area contributed by atoms with Crippen molar-refractivity contribution < 1.29 is 0 Å². The van der Waals surface area contributed by atoms with E-state index in [4.69, 9.17) is 0 Å². The summed E-state index contributed by atoms with van der Waals surface area (Å²) in [5, 5.41) is 7.10. The van der Waals surface area contributed by atoms with Gasteiger partial charge in [-0.3, -0.25) is 5.09 Å². The quantitative estimate of drug-likeness (QED) is 0.318. The third-order valence-corrected chi connectivity index (χ3v) is 7.15. The van der Waals surface area contributed by atoms with Crippen LogP contribution in [0.15, 0.2) is 11.6 Å². The molecular formula is C24H41N2P. The second-order valence-electron chi connectivity index (χ2n) is 8.38. The SMILES string of the molecule is CCc1c(C)c2c(c(C)c1C/C=C(\C)CNCCPNC(C)C)CCCC2. The largest absolute Gasteiger partial charge is 0.313 e. The molecule has 0 spiro atoms. The van der Waals surface area contributed by atoms with E-state index in [0.29, 0.717) is 6.04 Å². The highest BCUT2D eigenvalue weighted by molar-refractivity contribution is 7.35. The van der Waals surface area contributed by atoms with E-state index in [1.165, 1.54) is 37.4 Å². The molecule has 0 saturated carbocycles. The van der Waals surface area contributed by atoms with Crippen molar-refractivity contribution in [2.24, 2.45) is 0 Å². The van der Waals surface area contributed by atoms with E-state index in [0.717, 1.165) is 34.7 Å². The minimum Gasteiger partial charge on any atom is -0.313 e. The van der Waals surface area contributed by atoms with Crippen molar-refractivity contribution in [3.05, 3.63) is 45.0 Å². The zero-order valence-corrected chi connectivity index (χ0v) is 19.5. The van der Waals surface area contributed by atoms with E-state index in [2.05, 4.69) is 58.0 Å². The van der Waals surface area contributed by atoms with Crippen LogP contribution in [0.25, 0.3) is 0 Å². The summed E-state index contributed by atoms with van der Waals surface area (Å²) in [5.41, 5.74) is 11.2. The Hall–Kier alpha value is -0.690. The van der Waals surface area contributed by atoms with Crippen molar-refractivity contribution >= 4 is 8.73 Å². The third kappa shape index (κ3) is 6.41. The normalized spacial score (nSPS) is 15.1. The van der Waals surface area contributed by atoms with Crippen molar-refractivity contribution in [3.8, 4) is 0 Å². The molecule has 27 heavy (non-hydrogen) atoms. The van der Waals surface area contributed by atoms with Gasteiger partial charge in [-0.1, -0.05) is 27.3 Å². The van der Waals surface area contributed by atoms with Crippen LogP contribution in [0.1, 0.15) is 73.9 Å². The van der Waals surface area contributed by atoms with Gasteiger partial charge in [0.25, 0.3) is 0 Å². The Morgan fingerprint density at radius 3 is 2.30 bits per heavy atom. The Labute approximate surface area is 169 Å². The number of benzene rings is 1. The van der Waals surface area contributed by atoms with E-state index in [9.17, 15) is 0 Å². The smallest absolute Gasteiger partial charge is 0.0162 e. The molecule has 1 atom stereocenters. The lowest BCUT2D eigenvalue weighted by atomic mass is 9.79. The lowest BCUT2D eigenvalue weighted by Crippen LogP contribution is -2.21. The zero-order chi connectivity index (χ0) is 19.8. The molecule has 0 heterocycles. The summed E-state index contributed by atoms with van der Waals surface area (Å²) in [4.78, 5) is 0. The van der Waals surface area contributed by atoms with Crippen LogP contribution in [-0.2, 0) is 25.7 Å². The number of fused-ring (bicyclic) bond motifs is 1. The van der Waals surface area contributed by atoms with Gasteiger partial charge in [-0.05, 0) is 113 Å². The fourth-order valence-electron chi connectivity index (χ4n) is 4.37. The maximum absolute atomic E-state index is 3.60. The lowest BCUT2D eigenvalue weighted by Gasteiger charge is -2.26. The first kappa shape index (κ1) is 22.6. The Kier molecular flexibility index (Phi) is 9.50. The first-order valence-corrected chi connectivity index (χ1v) is 12.1. The number of allylic oxidation sites excluding steroid dienone is 1. The maximum Gasteiger partial charge on any atom is 0.0162 e. The molecule has 2 N–H and O–H groups in total. The molecule has 0 radical (unpaired) electrons. The van der Waals surface area contributed by atoms with Gasteiger partial charge in [-0.25, -0.2) is 0 Å². The van der Waals surface area contributed by atoms with Crippen molar-refractivity contribution in [3.63, 3.8) is 0 Å². The fraction of sp³-hybridized carbons (Fsp3) is 0.667. The molecule has 0 bridgehead atoms. The highest BCUT2D eigenvalue weighted by atomic mass is 31.1. The Balaban J connectivity index is 1.98. The van der Waals surface area contributed by atoms with E-state index in [-0.39, 0.29) is 0 Å². The monoisotopic (exact) mass is 388 g/mol. The zero-order valence-electron chi connectivity index (χ0n) is 18.5. The van der Waals surface area contributed by atoms with Crippen LogP contribution >= 0.6 is 8.73 Å². The van der Waals surface area contributed by atoms with Gasteiger partial charge in [0, 0.05) is 19.1 Å². The molecule has 1 aromatic rings. The number of hydrogen-bond donors (Lipinski definition) is 2. The highest BCUT2D eigenvalue weighted by Crippen LogP contribution is 2.33. The summed E-state index contributed by atoms with van der Waals surface area (Å²) in [6, 6.07) is 0.598. The van der Waals surface area contributed by atoms with E-state index in [1.54, 1.807) is 33.4 Å². The molecule has 1 unspecified atom stereocenters. The number of rotatable bonds is 10. The lowest BCUT2D eigenvalue weighted by molar-refractivity contribution is 0.674. The molecule has 0 amide bonds. The van der Waals surface area contributed by atoms with Crippen LogP contribution in [0, 0.1) is 13.8 Å². The fourth-order valence-corrected chi connectivity index (χ4v) is 5.22. The van der Waals surface area contributed by atoms with Crippen molar-refractivity contribution in [2.45, 2.75) is 86.1 Å². The maximum atomic E-state index is 3.60. The topological polar surface area (TPSA) is 24.1 Å². The Bertz CT molecular complexity index is 647. The standard InChI is InChI=1S/C24H41N2P/c1-7-21-19(5)22-10-8-9-11-23(22)20(6)24(21)13-12-18(4)16-25-14-15-27-26-17(2)3/h12,17,25-27H,7-11,13-16H2,1-6H3/b18-12+. The molecule has 2 rings (SSSR count). The van der Waals surface area contributed by atoms with E-state index >= 15 is 0 Å². The molecular weight excluding hydrogens is 347 g/mol. The number of nitrogens with one attached hydrogen (secondary N) is 2. The Morgan fingerprint density at radius 2 is 1.70 bits per heavy atom. The van der Waals surface area contributed by atoms with Crippen LogP contribution in [0.4, 0.5) is 0 Å². The highest BCUT2D eigenvalue weighted by Gasteiger charge is 2.20. The summed E-state index contributed by atoms with van der Waals surface area (Å²) in [5.74, 6) is 0. The van der Waals surface area contributed by atoms with Crippen molar-refractivity contribution in [2.75, 3.05) is 19.3 Å². The molecule has 1 aromatic carbocycles. The van der Waals surface area contributed by atoms with Crippen molar-refractivity contribution in [1.82, 2.24) is 10.4 Å². The van der Waals surface area contributed by atoms with Crippen LogP contribution in [0.2, 0.25) is 0 Å².